The Morgan fingerprint density at radius 2 is 1.76 bits per heavy atom. The molecule has 2 amide bonds. The Bertz CT molecular complexity index is 882. The van der Waals surface area contributed by atoms with Gasteiger partial charge < -0.3 is 10.2 Å². The molecule has 0 saturated heterocycles. The molecule has 124 valence electrons. The summed E-state index contributed by atoms with van der Waals surface area (Å²) >= 11 is 0. The van der Waals surface area contributed by atoms with Gasteiger partial charge in [-0.3, -0.25) is 9.59 Å². The molecule has 0 radical (unpaired) electrons. The van der Waals surface area contributed by atoms with E-state index < -0.39 is 0 Å². The second-order valence-corrected chi connectivity index (χ2v) is 5.45. The van der Waals surface area contributed by atoms with Crippen LogP contribution in [0.2, 0.25) is 0 Å². The number of hydrogen-bond acceptors (Lipinski definition) is 3. The number of amides is 2. The van der Waals surface area contributed by atoms with Gasteiger partial charge in [-0.1, -0.05) is 17.9 Å². The number of nitrogens with zero attached hydrogens (tertiary/aromatic N) is 2. The van der Waals surface area contributed by atoms with Gasteiger partial charge in [-0.05, 0) is 42.5 Å². The average molecular weight is 331 g/mol. The first-order chi connectivity index (χ1) is 12.0. The Balaban J connectivity index is 1.93. The predicted octanol–water partition coefficient (Wildman–Crippen LogP) is 2.04. The average Bonchev–Trinajstić information content (AvgIpc) is 2.64. The van der Waals surface area contributed by atoms with Crippen LogP contribution < -0.4 is 5.32 Å². The quantitative estimate of drug-likeness (QED) is 0.875. The van der Waals surface area contributed by atoms with Gasteiger partial charge in [0, 0.05) is 30.8 Å². The van der Waals surface area contributed by atoms with Gasteiger partial charge >= 0.3 is 0 Å². The zero-order valence-corrected chi connectivity index (χ0v) is 14.0. The van der Waals surface area contributed by atoms with Crippen molar-refractivity contribution in [3.05, 3.63) is 70.8 Å². The van der Waals surface area contributed by atoms with Gasteiger partial charge in [0.05, 0.1) is 18.2 Å². The Hall–Kier alpha value is -3.57. The highest BCUT2D eigenvalue weighted by atomic mass is 16.2. The van der Waals surface area contributed by atoms with E-state index in [1.165, 1.54) is 11.0 Å². The molecule has 0 aromatic heterocycles. The zero-order chi connectivity index (χ0) is 18.2. The molecule has 0 unspecified atom stereocenters. The van der Waals surface area contributed by atoms with Crippen LogP contribution in [-0.4, -0.2) is 37.4 Å². The molecule has 0 aliphatic rings. The summed E-state index contributed by atoms with van der Waals surface area (Å²) in [5.74, 6) is 5.44. The monoisotopic (exact) mass is 331 g/mol. The molecule has 0 bridgehead atoms. The molecule has 2 aromatic carbocycles. The molecule has 2 aromatic rings. The second kappa shape index (κ2) is 8.33. The van der Waals surface area contributed by atoms with Crippen LogP contribution in [0.4, 0.5) is 0 Å². The fourth-order valence-electron chi connectivity index (χ4n) is 2.06. The number of hydrogen-bond donors (Lipinski definition) is 1. The molecule has 0 aliphatic carbocycles. The van der Waals surface area contributed by atoms with Gasteiger partial charge in [0.2, 0.25) is 0 Å². The molecule has 5 nitrogen and oxygen atoms in total. The second-order valence-electron chi connectivity index (χ2n) is 5.45. The lowest BCUT2D eigenvalue weighted by atomic mass is 10.1. The summed E-state index contributed by atoms with van der Waals surface area (Å²) in [5, 5.41) is 11.5. The molecule has 1 N–H and O–H groups in total. The number of benzene rings is 2. The lowest BCUT2D eigenvalue weighted by Gasteiger charge is -2.09. The maximum atomic E-state index is 12.0. The van der Waals surface area contributed by atoms with E-state index in [0.717, 1.165) is 5.56 Å². The van der Waals surface area contributed by atoms with Crippen molar-refractivity contribution in [1.82, 2.24) is 10.2 Å². The van der Waals surface area contributed by atoms with Gasteiger partial charge in [0.15, 0.2) is 0 Å². The van der Waals surface area contributed by atoms with E-state index in [1.54, 1.807) is 56.6 Å². The van der Waals surface area contributed by atoms with Crippen molar-refractivity contribution in [2.45, 2.75) is 0 Å². The number of nitrogens with one attached hydrogen (secondary N) is 1. The number of rotatable bonds is 3. The van der Waals surface area contributed by atoms with Crippen LogP contribution in [0.25, 0.3) is 0 Å². The van der Waals surface area contributed by atoms with Crippen LogP contribution in [0.1, 0.15) is 31.8 Å². The summed E-state index contributed by atoms with van der Waals surface area (Å²) < 4.78 is 0. The smallest absolute Gasteiger partial charge is 0.253 e. The standard InChI is InChI=1S/C20H17N3O2/c1-23(2)20(25)17-10-8-15(9-11-17)6-4-12-22-19(24)18-7-3-5-16(13-18)14-21/h3,5,7-11,13H,12H2,1-2H3,(H,22,24). The summed E-state index contributed by atoms with van der Waals surface area (Å²) in [7, 11) is 3.40. The highest BCUT2D eigenvalue weighted by Crippen LogP contribution is 2.05. The zero-order valence-electron chi connectivity index (χ0n) is 14.0. The molecule has 0 aliphatic heterocycles. The third-order valence-corrected chi connectivity index (χ3v) is 3.36. The van der Waals surface area contributed by atoms with Gasteiger partial charge in [-0.2, -0.15) is 5.26 Å². The summed E-state index contributed by atoms with van der Waals surface area (Å²) in [6.45, 7) is 0.188. The topological polar surface area (TPSA) is 73.2 Å². The molecule has 0 heterocycles. The van der Waals surface area contributed by atoms with E-state index in [4.69, 9.17) is 5.26 Å². The summed E-state index contributed by atoms with van der Waals surface area (Å²) in [5.41, 5.74) is 2.22. The summed E-state index contributed by atoms with van der Waals surface area (Å²) in [4.78, 5) is 25.3. The van der Waals surface area contributed by atoms with E-state index in [2.05, 4.69) is 17.2 Å². The minimum absolute atomic E-state index is 0.0635. The van der Waals surface area contributed by atoms with Gasteiger partial charge in [-0.25, -0.2) is 0 Å². The lowest BCUT2D eigenvalue weighted by Crippen LogP contribution is -2.23. The van der Waals surface area contributed by atoms with Crippen LogP contribution >= 0.6 is 0 Å². The van der Waals surface area contributed by atoms with Crippen molar-refractivity contribution in [1.29, 1.82) is 5.26 Å². The molecular weight excluding hydrogens is 314 g/mol. The highest BCUT2D eigenvalue weighted by molar-refractivity contribution is 5.95. The molecule has 5 heteroatoms. The van der Waals surface area contributed by atoms with Crippen molar-refractivity contribution in [3.63, 3.8) is 0 Å². The predicted molar refractivity (Wildman–Crippen MR) is 94.8 cm³/mol. The largest absolute Gasteiger partial charge is 0.345 e. The van der Waals surface area contributed by atoms with Crippen molar-refractivity contribution in [2.75, 3.05) is 20.6 Å². The third kappa shape index (κ3) is 4.95. The van der Waals surface area contributed by atoms with Crippen LogP contribution in [0.15, 0.2) is 48.5 Å². The Kier molecular flexibility index (Phi) is 5.92. The van der Waals surface area contributed by atoms with E-state index in [1.807, 2.05) is 6.07 Å². The van der Waals surface area contributed by atoms with Crippen LogP contribution in [0, 0.1) is 23.2 Å². The SMILES string of the molecule is CN(C)C(=O)c1ccc(C#CCNC(=O)c2cccc(C#N)c2)cc1. The lowest BCUT2D eigenvalue weighted by molar-refractivity contribution is 0.0827. The Morgan fingerprint density at radius 3 is 2.40 bits per heavy atom. The van der Waals surface area contributed by atoms with Gasteiger partial charge in [0.1, 0.15) is 0 Å². The first kappa shape index (κ1) is 17.8. The molecule has 0 fully saturated rings. The fourth-order valence-corrected chi connectivity index (χ4v) is 2.06. The van der Waals surface area contributed by atoms with Gasteiger partial charge in [-0.15, -0.1) is 0 Å². The van der Waals surface area contributed by atoms with Crippen molar-refractivity contribution in [3.8, 4) is 17.9 Å². The Labute approximate surface area is 146 Å². The molecule has 25 heavy (non-hydrogen) atoms. The minimum atomic E-state index is -0.279. The number of carbonyl (C=O) groups excluding carboxylic acids is 2. The van der Waals surface area contributed by atoms with Crippen molar-refractivity contribution < 1.29 is 9.59 Å². The maximum absolute atomic E-state index is 12.0. The highest BCUT2D eigenvalue weighted by Gasteiger charge is 2.06. The van der Waals surface area contributed by atoms with Crippen molar-refractivity contribution >= 4 is 11.8 Å². The summed E-state index contributed by atoms with van der Waals surface area (Å²) in [6.07, 6.45) is 0. The van der Waals surface area contributed by atoms with Crippen LogP contribution in [-0.2, 0) is 0 Å². The molecule has 0 saturated carbocycles. The number of nitriles is 1. The molecule has 2 rings (SSSR count). The molecule has 0 spiro atoms. The third-order valence-electron chi connectivity index (χ3n) is 3.36. The fraction of sp³-hybridized carbons (Fsp3) is 0.150. The maximum Gasteiger partial charge on any atom is 0.253 e. The van der Waals surface area contributed by atoms with Crippen LogP contribution in [0.5, 0.6) is 0 Å². The molecular formula is C20H17N3O2. The first-order valence-corrected chi connectivity index (χ1v) is 7.60. The molecule has 0 atom stereocenters. The van der Waals surface area contributed by atoms with Gasteiger partial charge in [0.25, 0.3) is 11.8 Å². The minimum Gasteiger partial charge on any atom is -0.345 e. The summed E-state index contributed by atoms with van der Waals surface area (Å²) in [6, 6.07) is 15.4. The first-order valence-electron chi connectivity index (χ1n) is 7.60. The Morgan fingerprint density at radius 1 is 1.04 bits per heavy atom. The van der Waals surface area contributed by atoms with E-state index in [-0.39, 0.29) is 18.4 Å². The van der Waals surface area contributed by atoms with Crippen molar-refractivity contribution in [2.24, 2.45) is 0 Å². The number of carbonyl (C=O) groups is 2. The van der Waals surface area contributed by atoms with E-state index in [9.17, 15) is 9.59 Å². The van der Waals surface area contributed by atoms with E-state index in [0.29, 0.717) is 16.7 Å². The van der Waals surface area contributed by atoms with E-state index >= 15 is 0 Å². The normalized spacial score (nSPS) is 9.32. The van der Waals surface area contributed by atoms with Crippen LogP contribution in [0.3, 0.4) is 0 Å².